The van der Waals surface area contributed by atoms with Crippen LogP contribution in [0.1, 0.15) is 24.8 Å². The van der Waals surface area contributed by atoms with Gasteiger partial charge in [0.25, 0.3) is 0 Å². The van der Waals surface area contributed by atoms with E-state index in [4.69, 9.17) is 9.47 Å². The van der Waals surface area contributed by atoms with Gasteiger partial charge in [0.15, 0.2) is 0 Å². The summed E-state index contributed by atoms with van der Waals surface area (Å²) in [6, 6.07) is 5.55. The zero-order chi connectivity index (χ0) is 15.2. The molecule has 1 fully saturated rings. The second-order valence-electron chi connectivity index (χ2n) is 5.45. The number of urea groups is 1. The Morgan fingerprint density at radius 1 is 1.48 bits per heavy atom. The topological polar surface area (TPSA) is 50.8 Å². The number of hydrogen-bond donors (Lipinski definition) is 1. The molecule has 1 aliphatic rings. The van der Waals surface area contributed by atoms with E-state index in [0.717, 1.165) is 30.7 Å². The highest BCUT2D eigenvalue weighted by molar-refractivity contribution is 5.91. The van der Waals surface area contributed by atoms with E-state index in [1.807, 2.05) is 25.1 Å². The molecule has 0 radical (unpaired) electrons. The molecule has 5 nitrogen and oxygen atoms in total. The number of hydrogen-bond acceptors (Lipinski definition) is 3. The minimum atomic E-state index is -0.142. The summed E-state index contributed by atoms with van der Waals surface area (Å²) in [5, 5.41) is 2.93. The number of nitrogens with zero attached hydrogens (tertiary/aromatic N) is 1. The van der Waals surface area contributed by atoms with Crippen LogP contribution >= 0.6 is 0 Å². The van der Waals surface area contributed by atoms with Gasteiger partial charge in [0.05, 0.1) is 18.9 Å². The first-order valence-electron chi connectivity index (χ1n) is 7.39. The highest BCUT2D eigenvalue weighted by atomic mass is 16.5. The molecule has 0 aliphatic carbocycles. The number of carbonyl (C=O) groups excluding carboxylic acids is 1. The molecule has 1 atom stereocenters. The number of likely N-dealkylation sites (N-methyl/N-ethyl adjacent to an activating group) is 1. The maximum atomic E-state index is 12.3. The van der Waals surface area contributed by atoms with Crippen molar-refractivity contribution in [2.45, 2.75) is 32.3 Å². The van der Waals surface area contributed by atoms with Crippen molar-refractivity contribution in [3.63, 3.8) is 0 Å². The van der Waals surface area contributed by atoms with Gasteiger partial charge < -0.3 is 19.7 Å². The molecular formula is C16H24N2O3. The number of anilines is 1. The summed E-state index contributed by atoms with van der Waals surface area (Å²) < 4.78 is 11.0. The summed E-state index contributed by atoms with van der Waals surface area (Å²) in [6.07, 6.45) is 3.46. The second kappa shape index (κ2) is 7.31. The van der Waals surface area contributed by atoms with Gasteiger partial charge in [0.2, 0.25) is 0 Å². The minimum Gasteiger partial charge on any atom is -0.495 e. The van der Waals surface area contributed by atoms with Crippen LogP contribution in [-0.2, 0) is 4.74 Å². The summed E-state index contributed by atoms with van der Waals surface area (Å²) in [5.74, 6) is 0.672. The van der Waals surface area contributed by atoms with E-state index in [-0.39, 0.29) is 12.1 Å². The maximum Gasteiger partial charge on any atom is 0.321 e. The van der Waals surface area contributed by atoms with Crippen LogP contribution < -0.4 is 10.1 Å². The van der Waals surface area contributed by atoms with E-state index in [1.54, 1.807) is 19.1 Å². The first-order valence-corrected chi connectivity index (χ1v) is 7.39. The highest BCUT2D eigenvalue weighted by Crippen LogP contribution is 2.27. The minimum absolute atomic E-state index is 0.142. The van der Waals surface area contributed by atoms with Crippen molar-refractivity contribution in [2.24, 2.45) is 0 Å². The Morgan fingerprint density at radius 2 is 2.29 bits per heavy atom. The zero-order valence-corrected chi connectivity index (χ0v) is 13.0. The molecule has 116 valence electrons. The van der Waals surface area contributed by atoms with Gasteiger partial charge in [-0.2, -0.15) is 0 Å². The molecular weight excluding hydrogens is 268 g/mol. The zero-order valence-electron chi connectivity index (χ0n) is 13.0. The largest absolute Gasteiger partial charge is 0.495 e. The van der Waals surface area contributed by atoms with Crippen molar-refractivity contribution < 1.29 is 14.3 Å². The quantitative estimate of drug-likeness (QED) is 0.928. The van der Waals surface area contributed by atoms with E-state index in [9.17, 15) is 4.79 Å². The molecule has 2 amide bonds. The standard InChI is InChI=1S/C16H24N2O3/c1-12-7-6-9-14(20-3)15(12)17-16(19)18(2)11-13-8-4-5-10-21-13/h6-7,9,13H,4-5,8,10-11H2,1-3H3,(H,17,19)/t13-/m1/s1. The Balaban J connectivity index is 1.97. The molecule has 5 heteroatoms. The lowest BCUT2D eigenvalue weighted by Crippen LogP contribution is -2.39. The number of ether oxygens (including phenoxy) is 2. The summed E-state index contributed by atoms with van der Waals surface area (Å²) in [7, 11) is 3.39. The SMILES string of the molecule is COc1cccc(C)c1NC(=O)N(C)C[C@H]1CCCCO1. The number of methoxy groups -OCH3 is 1. The van der Waals surface area contributed by atoms with Crippen molar-refractivity contribution in [2.75, 3.05) is 32.6 Å². The van der Waals surface area contributed by atoms with Gasteiger partial charge in [-0.25, -0.2) is 4.79 Å². The van der Waals surface area contributed by atoms with Crippen LogP contribution in [0.4, 0.5) is 10.5 Å². The normalized spacial score (nSPS) is 18.1. The van der Waals surface area contributed by atoms with Crippen LogP contribution in [0, 0.1) is 6.92 Å². The van der Waals surface area contributed by atoms with E-state index < -0.39 is 0 Å². The first kappa shape index (κ1) is 15.6. The number of benzene rings is 1. The number of carbonyl (C=O) groups is 1. The Morgan fingerprint density at radius 3 is 2.95 bits per heavy atom. The first-order chi connectivity index (χ1) is 10.1. The van der Waals surface area contributed by atoms with Gasteiger partial charge in [0, 0.05) is 20.2 Å². The lowest BCUT2D eigenvalue weighted by atomic mass is 10.1. The van der Waals surface area contributed by atoms with E-state index in [1.165, 1.54) is 6.42 Å². The molecule has 0 saturated carbocycles. The monoisotopic (exact) mass is 292 g/mol. The molecule has 1 saturated heterocycles. The van der Waals surface area contributed by atoms with Gasteiger partial charge in [-0.1, -0.05) is 12.1 Å². The van der Waals surface area contributed by atoms with Crippen molar-refractivity contribution in [3.05, 3.63) is 23.8 Å². The van der Waals surface area contributed by atoms with Crippen molar-refractivity contribution >= 4 is 11.7 Å². The smallest absolute Gasteiger partial charge is 0.321 e. The summed E-state index contributed by atoms with van der Waals surface area (Å²) in [6.45, 7) is 3.36. The predicted octanol–water partition coefficient (Wildman–Crippen LogP) is 3.04. The third-order valence-electron chi connectivity index (χ3n) is 3.78. The number of aryl methyl sites for hydroxylation is 1. The lowest BCUT2D eigenvalue weighted by molar-refractivity contribution is 0.00463. The van der Waals surface area contributed by atoms with Crippen molar-refractivity contribution in [3.8, 4) is 5.75 Å². The average molecular weight is 292 g/mol. The number of amides is 2. The van der Waals surface area contributed by atoms with Gasteiger partial charge in [-0.3, -0.25) is 0 Å². The lowest BCUT2D eigenvalue weighted by Gasteiger charge is -2.27. The Hall–Kier alpha value is -1.75. The second-order valence-corrected chi connectivity index (χ2v) is 5.45. The molecule has 0 unspecified atom stereocenters. The summed E-state index contributed by atoms with van der Waals surface area (Å²) in [5.41, 5.74) is 1.70. The number of nitrogens with one attached hydrogen (secondary N) is 1. The van der Waals surface area contributed by atoms with Gasteiger partial charge in [-0.05, 0) is 37.8 Å². The molecule has 0 aromatic heterocycles. The summed E-state index contributed by atoms with van der Waals surface area (Å²) in [4.78, 5) is 14.0. The third-order valence-corrected chi connectivity index (χ3v) is 3.78. The Bertz CT molecular complexity index is 484. The molecule has 1 aromatic carbocycles. The molecule has 0 spiro atoms. The fourth-order valence-corrected chi connectivity index (χ4v) is 2.51. The molecule has 1 aliphatic heterocycles. The van der Waals surface area contributed by atoms with Crippen LogP contribution in [0.5, 0.6) is 5.75 Å². The predicted molar refractivity (Wildman–Crippen MR) is 83.0 cm³/mol. The Labute approximate surface area is 126 Å². The van der Waals surface area contributed by atoms with E-state index in [0.29, 0.717) is 12.3 Å². The average Bonchev–Trinajstić information content (AvgIpc) is 2.50. The van der Waals surface area contributed by atoms with Gasteiger partial charge >= 0.3 is 6.03 Å². The molecule has 1 aromatic rings. The maximum absolute atomic E-state index is 12.3. The molecule has 1 N–H and O–H groups in total. The molecule has 21 heavy (non-hydrogen) atoms. The van der Waals surface area contributed by atoms with E-state index >= 15 is 0 Å². The third kappa shape index (κ3) is 4.11. The molecule has 0 bridgehead atoms. The van der Waals surface area contributed by atoms with Gasteiger partial charge in [-0.15, -0.1) is 0 Å². The van der Waals surface area contributed by atoms with Crippen molar-refractivity contribution in [1.82, 2.24) is 4.90 Å². The van der Waals surface area contributed by atoms with Crippen LogP contribution in [-0.4, -0.2) is 44.3 Å². The fourth-order valence-electron chi connectivity index (χ4n) is 2.51. The van der Waals surface area contributed by atoms with Crippen LogP contribution in [0.2, 0.25) is 0 Å². The van der Waals surface area contributed by atoms with Crippen molar-refractivity contribution in [1.29, 1.82) is 0 Å². The van der Waals surface area contributed by atoms with Gasteiger partial charge in [0.1, 0.15) is 5.75 Å². The highest BCUT2D eigenvalue weighted by Gasteiger charge is 2.20. The van der Waals surface area contributed by atoms with E-state index in [2.05, 4.69) is 5.32 Å². The fraction of sp³-hybridized carbons (Fsp3) is 0.562. The summed E-state index contributed by atoms with van der Waals surface area (Å²) >= 11 is 0. The van der Waals surface area contributed by atoms with Crippen LogP contribution in [0.25, 0.3) is 0 Å². The molecule has 2 rings (SSSR count). The molecule has 1 heterocycles. The number of rotatable bonds is 4. The Kier molecular flexibility index (Phi) is 5.44. The van der Waals surface area contributed by atoms with Crippen LogP contribution in [0.3, 0.4) is 0 Å². The number of para-hydroxylation sites is 1. The van der Waals surface area contributed by atoms with Crippen LogP contribution in [0.15, 0.2) is 18.2 Å².